The Hall–Kier alpha value is -0.420. The highest BCUT2D eigenvalue weighted by atomic mass is 32.1. The highest BCUT2D eigenvalue weighted by Gasteiger charge is 2.12. The minimum atomic E-state index is 0.661. The van der Waals surface area contributed by atoms with Crippen LogP contribution in [0.2, 0.25) is 0 Å². The molecule has 0 saturated carbocycles. The Balaban J connectivity index is 1.98. The van der Waals surface area contributed by atoms with Gasteiger partial charge in [-0.3, -0.25) is 4.90 Å². The number of rotatable bonds is 3. The van der Waals surface area contributed by atoms with Gasteiger partial charge in [0.1, 0.15) is 0 Å². The van der Waals surface area contributed by atoms with Gasteiger partial charge < -0.3 is 10.5 Å². The molecule has 1 aromatic heterocycles. The van der Waals surface area contributed by atoms with Crippen molar-refractivity contribution in [3.05, 3.63) is 21.4 Å². The molecule has 3 nitrogen and oxygen atoms in total. The number of nitrogens with two attached hydrogens (primary N) is 1. The lowest BCUT2D eigenvalue weighted by molar-refractivity contribution is 0.140. The average molecular weight is 240 g/mol. The van der Waals surface area contributed by atoms with Crippen molar-refractivity contribution >= 4 is 11.3 Å². The number of ether oxygens (including phenoxy) is 1. The predicted octanol–water partition coefficient (Wildman–Crippen LogP) is 1.74. The highest BCUT2D eigenvalue weighted by Crippen LogP contribution is 2.22. The van der Waals surface area contributed by atoms with Gasteiger partial charge in [-0.1, -0.05) is 0 Å². The van der Waals surface area contributed by atoms with Crippen LogP contribution in [0.3, 0.4) is 0 Å². The summed E-state index contributed by atoms with van der Waals surface area (Å²) >= 11 is 1.83. The number of thiophene rings is 1. The van der Waals surface area contributed by atoms with Crippen LogP contribution in [0, 0.1) is 6.92 Å². The minimum Gasteiger partial charge on any atom is -0.380 e. The number of hydrogen-bond acceptors (Lipinski definition) is 4. The van der Waals surface area contributed by atoms with E-state index < -0.39 is 0 Å². The van der Waals surface area contributed by atoms with Crippen LogP contribution < -0.4 is 5.73 Å². The first-order chi connectivity index (χ1) is 7.79. The third-order valence-corrected chi connectivity index (χ3v) is 4.10. The first-order valence-corrected chi connectivity index (χ1v) is 6.69. The van der Waals surface area contributed by atoms with E-state index in [1.807, 2.05) is 11.3 Å². The van der Waals surface area contributed by atoms with Crippen LogP contribution in [0.25, 0.3) is 0 Å². The molecule has 90 valence electrons. The van der Waals surface area contributed by atoms with Gasteiger partial charge in [-0.2, -0.15) is 0 Å². The van der Waals surface area contributed by atoms with Crippen LogP contribution in [0.5, 0.6) is 0 Å². The molecule has 1 aliphatic heterocycles. The smallest absolute Gasteiger partial charge is 0.0593 e. The fourth-order valence-corrected chi connectivity index (χ4v) is 2.97. The monoisotopic (exact) mass is 240 g/mol. The van der Waals surface area contributed by atoms with Crippen molar-refractivity contribution in [1.82, 2.24) is 4.90 Å². The lowest BCUT2D eigenvalue weighted by Gasteiger charge is -2.18. The van der Waals surface area contributed by atoms with Gasteiger partial charge in [-0.15, -0.1) is 11.3 Å². The Morgan fingerprint density at radius 1 is 1.44 bits per heavy atom. The molecule has 1 saturated heterocycles. The molecular formula is C12H20N2OS. The van der Waals surface area contributed by atoms with E-state index in [4.69, 9.17) is 10.5 Å². The normalized spacial score (nSPS) is 18.6. The molecule has 2 N–H and O–H groups in total. The van der Waals surface area contributed by atoms with E-state index in [1.165, 1.54) is 15.3 Å². The zero-order valence-electron chi connectivity index (χ0n) is 9.87. The highest BCUT2D eigenvalue weighted by molar-refractivity contribution is 7.12. The summed E-state index contributed by atoms with van der Waals surface area (Å²) in [6.07, 6.45) is 1.15. The van der Waals surface area contributed by atoms with Crippen molar-refractivity contribution in [2.75, 3.05) is 26.3 Å². The van der Waals surface area contributed by atoms with Crippen molar-refractivity contribution in [3.63, 3.8) is 0 Å². The Morgan fingerprint density at radius 3 is 3.06 bits per heavy atom. The molecule has 0 radical (unpaired) electrons. The van der Waals surface area contributed by atoms with E-state index in [2.05, 4.69) is 17.9 Å². The van der Waals surface area contributed by atoms with Crippen molar-refractivity contribution in [2.45, 2.75) is 26.4 Å². The van der Waals surface area contributed by atoms with Crippen LogP contribution in [0.15, 0.2) is 6.07 Å². The molecule has 2 rings (SSSR count). The zero-order chi connectivity index (χ0) is 11.4. The van der Waals surface area contributed by atoms with Crippen LogP contribution in [0.4, 0.5) is 0 Å². The summed E-state index contributed by atoms with van der Waals surface area (Å²) in [6.45, 7) is 7.87. The Labute approximate surface area is 101 Å². The average Bonchev–Trinajstić information content (AvgIpc) is 2.51. The summed E-state index contributed by atoms with van der Waals surface area (Å²) in [4.78, 5) is 5.17. The Bertz CT molecular complexity index is 330. The van der Waals surface area contributed by atoms with Crippen molar-refractivity contribution in [1.29, 1.82) is 0 Å². The van der Waals surface area contributed by atoms with Crippen LogP contribution in [-0.2, 0) is 17.8 Å². The SMILES string of the molecule is Cc1sc(CN)cc1CN1CCCOCC1. The standard InChI is InChI=1S/C12H20N2OS/c1-10-11(7-12(8-13)16-10)9-14-3-2-5-15-6-4-14/h7H,2-6,8-9,13H2,1H3. The van der Waals surface area contributed by atoms with Gasteiger partial charge in [0, 0.05) is 42.5 Å². The molecular weight excluding hydrogens is 220 g/mol. The van der Waals surface area contributed by atoms with E-state index in [0.717, 1.165) is 39.3 Å². The summed E-state index contributed by atoms with van der Waals surface area (Å²) in [5.74, 6) is 0. The Morgan fingerprint density at radius 2 is 2.31 bits per heavy atom. The topological polar surface area (TPSA) is 38.5 Å². The van der Waals surface area contributed by atoms with E-state index in [0.29, 0.717) is 6.54 Å². The molecule has 2 heterocycles. The third kappa shape index (κ3) is 3.04. The van der Waals surface area contributed by atoms with Gasteiger partial charge in [-0.05, 0) is 25.0 Å². The summed E-state index contributed by atoms with van der Waals surface area (Å²) < 4.78 is 5.46. The van der Waals surface area contributed by atoms with E-state index in [1.54, 1.807) is 0 Å². The minimum absolute atomic E-state index is 0.661. The van der Waals surface area contributed by atoms with E-state index >= 15 is 0 Å². The van der Waals surface area contributed by atoms with Crippen LogP contribution in [0.1, 0.15) is 21.7 Å². The van der Waals surface area contributed by atoms with E-state index in [9.17, 15) is 0 Å². The van der Waals surface area contributed by atoms with Crippen molar-refractivity contribution < 1.29 is 4.74 Å². The first kappa shape index (κ1) is 12.0. The fraction of sp³-hybridized carbons (Fsp3) is 0.667. The molecule has 0 bridgehead atoms. The van der Waals surface area contributed by atoms with Gasteiger partial charge in [0.2, 0.25) is 0 Å². The fourth-order valence-electron chi connectivity index (χ4n) is 2.04. The van der Waals surface area contributed by atoms with Gasteiger partial charge in [-0.25, -0.2) is 0 Å². The number of hydrogen-bond donors (Lipinski definition) is 1. The van der Waals surface area contributed by atoms with Gasteiger partial charge >= 0.3 is 0 Å². The molecule has 1 aliphatic rings. The maximum atomic E-state index is 5.67. The van der Waals surface area contributed by atoms with Gasteiger partial charge in [0.05, 0.1) is 6.61 Å². The molecule has 0 unspecified atom stereocenters. The zero-order valence-corrected chi connectivity index (χ0v) is 10.7. The predicted molar refractivity (Wildman–Crippen MR) is 67.7 cm³/mol. The molecule has 0 aliphatic carbocycles. The van der Waals surface area contributed by atoms with Crippen molar-refractivity contribution in [2.24, 2.45) is 5.73 Å². The largest absolute Gasteiger partial charge is 0.380 e. The van der Waals surface area contributed by atoms with Crippen molar-refractivity contribution in [3.8, 4) is 0 Å². The van der Waals surface area contributed by atoms with E-state index in [-0.39, 0.29) is 0 Å². The second-order valence-corrected chi connectivity index (χ2v) is 5.58. The summed E-state index contributed by atoms with van der Waals surface area (Å²) in [6, 6.07) is 2.26. The first-order valence-electron chi connectivity index (χ1n) is 5.88. The summed E-state index contributed by atoms with van der Waals surface area (Å²) in [5, 5.41) is 0. The molecule has 1 aromatic rings. The quantitative estimate of drug-likeness (QED) is 0.874. The Kier molecular flexibility index (Phi) is 4.35. The maximum Gasteiger partial charge on any atom is 0.0593 e. The number of aryl methyl sites for hydroxylation is 1. The van der Waals surface area contributed by atoms with Crippen LogP contribution in [-0.4, -0.2) is 31.2 Å². The molecule has 0 amide bonds. The second-order valence-electron chi connectivity index (χ2n) is 4.24. The van der Waals surface area contributed by atoms with Gasteiger partial charge in [0.15, 0.2) is 0 Å². The third-order valence-electron chi connectivity index (χ3n) is 2.98. The molecule has 0 atom stereocenters. The van der Waals surface area contributed by atoms with Gasteiger partial charge in [0.25, 0.3) is 0 Å². The summed E-state index contributed by atoms with van der Waals surface area (Å²) in [5.41, 5.74) is 7.10. The molecule has 4 heteroatoms. The maximum absolute atomic E-state index is 5.67. The second kappa shape index (κ2) is 5.77. The molecule has 1 fully saturated rings. The van der Waals surface area contributed by atoms with Crippen LogP contribution >= 0.6 is 11.3 Å². The molecule has 0 aromatic carbocycles. The lowest BCUT2D eigenvalue weighted by Crippen LogP contribution is -2.25. The molecule has 16 heavy (non-hydrogen) atoms. The molecule has 0 spiro atoms. The number of nitrogens with zero attached hydrogens (tertiary/aromatic N) is 1. The summed E-state index contributed by atoms with van der Waals surface area (Å²) in [7, 11) is 0. The lowest BCUT2D eigenvalue weighted by atomic mass is 10.2.